The Bertz CT molecular complexity index is 932. The van der Waals surface area contributed by atoms with Gasteiger partial charge < -0.3 is 5.32 Å². The lowest BCUT2D eigenvalue weighted by atomic mass is 10.2. The second kappa shape index (κ2) is 6.60. The van der Waals surface area contributed by atoms with Crippen molar-refractivity contribution in [3.05, 3.63) is 51.4 Å². The smallest absolute Gasteiger partial charge is 0.275 e. The molecule has 6 nitrogen and oxygen atoms in total. The largest absolute Gasteiger partial charge is 0.314 e. The minimum atomic E-state index is -0.153. The molecule has 124 valence electrons. The van der Waals surface area contributed by atoms with Crippen LogP contribution in [0.4, 0.5) is 0 Å². The Hall–Kier alpha value is -1.80. The molecule has 0 atom stereocenters. The van der Waals surface area contributed by atoms with Crippen molar-refractivity contribution in [3.8, 4) is 10.6 Å². The van der Waals surface area contributed by atoms with E-state index in [0.717, 1.165) is 37.4 Å². The first-order valence-corrected chi connectivity index (χ1v) is 8.98. The molecule has 1 aromatic carbocycles. The van der Waals surface area contributed by atoms with Crippen LogP contribution in [0, 0.1) is 0 Å². The summed E-state index contributed by atoms with van der Waals surface area (Å²) in [5, 5.41) is 9.02. The Kier molecular flexibility index (Phi) is 4.32. The molecule has 8 heteroatoms. The minimum Gasteiger partial charge on any atom is -0.314 e. The summed E-state index contributed by atoms with van der Waals surface area (Å²) in [6, 6.07) is 9.06. The topological polar surface area (TPSA) is 62.5 Å². The predicted octanol–water partition coefficient (Wildman–Crippen LogP) is 1.88. The van der Waals surface area contributed by atoms with Gasteiger partial charge in [-0.05, 0) is 6.07 Å². The van der Waals surface area contributed by atoms with Gasteiger partial charge in [0.25, 0.3) is 5.56 Å². The SMILES string of the molecule is O=c1cc(CN2CCNCC2)nc2sc(-c3ccccc3Cl)nn12. The van der Waals surface area contributed by atoms with E-state index in [1.165, 1.54) is 15.9 Å². The molecule has 1 aliphatic heterocycles. The van der Waals surface area contributed by atoms with E-state index >= 15 is 0 Å². The van der Waals surface area contributed by atoms with Crippen molar-refractivity contribution in [3.63, 3.8) is 0 Å². The molecule has 24 heavy (non-hydrogen) atoms. The highest BCUT2D eigenvalue weighted by atomic mass is 35.5. The van der Waals surface area contributed by atoms with Crippen molar-refractivity contribution in [2.24, 2.45) is 0 Å². The van der Waals surface area contributed by atoms with Gasteiger partial charge in [-0.2, -0.15) is 9.61 Å². The van der Waals surface area contributed by atoms with Gasteiger partial charge in [-0.3, -0.25) is 9.69 Å². The summed E-state index contributed by atoms with van der Waals surface area (Å²) in [4.78, 5) is 19.9. The van der Waals surface area contributed by atoms with E-state index < -0.39 is 0 Å². The van der Waals surface area contributed by atoms with Crippen molar-refractivity contribution in [1.82, 2.24) is 24.8 Å². The molecule has 0 spiro atoms. The fourth-order valence-electron chi connectivity index (χ4n) is 2.78. The first-order valence-electron chi connectivity index (χ1n) is 7.78. The number of nitrogens with zero attached hydrogens (tertiary/aromatic N) is 4. The normalized spacial score (nSPS) is 15.9. The number of piperazine rings is 1. The number of nitrogens with one attached hydrogen (secondary N) is 1. The summed E-state index contributed by atoms with van der Waals surface area (Å²) in [5.74, 6) is 0. The van der Waals surface area contributed by atoms with Gasteiger partial charge in [-0.1, -0.05) is 41.1 Å². The van der Waals surface area contributed by atoms with Gasteiger partial charge in [0.1, 0.15) is 5.01 Å². The van der Waals surface area contributed by atoms with Crippen LogP contribution in [0.2, 0.25) is 5.02 Å². The standard InChI is InChI=1S/C16H16ClN5OS/c17-13-4-2-1-3-12(13)15-20-22-14(23)9-11(19-16(22)24-15)10-21-7-5-18-6-8-21/h1-4,9,18H,5-8,10H2. The molecule has 2 aromatic heterocycles. The number of rotatable bonds is 3. The lowest BCUT2D eigenvalue weighted by Crippen LogP contribution is -2.43. The molecule has 1 N–H and O–H groups in total. The van der Waals surface area contributed by atoms with E-state index in [0.29, 0.717) is 21.5 Å². The van der Waals surface area contributed by atoms with Crippen LogP contribution < -0.4 is 10.9 Å². The average Bonchev–Trinajstić information content (AvgIpc) is 3.00. The quantitative estimate of drug-likeness (QED) is 0.771. The molecule has 0 radical (unpaired) electrons. The van der Waals surface area contributed by atoms with Crippen molar-refractivity contribution in [2.45, 2.75) is 6.54 Å². The Morgan fingerprint density at radius 2 is 2.04 bits per heavy atom. The Labute approximate surface area is 147 Å². The third kappa shape index (κ3) is 3.08. The van der Waals surface area contributed by atoms with Crippen molar-refractivity contribution in [1.29, 1.82) is 0 Å². The predicted molar refractivity (Wildman–Crippen MR) is 95.7 cm³/mol. The van der Waals surface area contributed by atoms with Crippen LogP contribution in [0.3, 0.4) is 0 Å². The molecule has 0 saturated carbocycles. The van der Waals surface area contributed by atoms with Crippen LogP contribution in [-0.4, -0.2) is 45.7 Å². The van der Waals surface area contributed by atoms with Crippen molar-refractivity contribution >= 4 is 27.9 Å². The van der Waals surface area contributed by atoms with Gasteiger partial charge in [-0.15, -0.1) is 0 Å². The maximum atomic E-state index is 12.4. The zero-order valence-corrected chi connectivity index (χ0v) is 14.5. The maximum absolute atomic E-state index is 12.4. The van der Waals surface area contributed by atoms with Crippen LogP contribution in [0.1, 0.15) is 5.69 Å². The third-order valence-corrected chi connectivity index (χ3v) is 5.27. The summed E-state index contributed by atoms with van der Waals surface area (Å²) in [5.41, 5.74) is 1.45. The highest BCUT2D eigenvalue weighted by Gasteiger charge is 2.15. The number of fused-ring (bicyclic) bond motifs is 1. The minimum absolute atomic E-state index is 0.153. The highest BCUT2D eigenvalue weighted by molar-refractivity contribution is 7.19. The molecule has 0 unspecified atom stereocenters. The van der Waals surface area contributed by atoms with Crippen molar-refractivity contribution in [2.75, 3.05) is 26.2 Å². The fraction of sp³-hybridized carbons (Fsp3) is 0.312. The van der Waals surface area contributed by atoms with E-state index in [2.05, 4.69) is 20.3 Å². The molecular formula is C16H16ClN5OS. The zero-order chi connectivity index (χ0) is 16.5. The van der Waals surface area contributed by atoms with E-state index in [-0.39, 0.29) is 5.56 Å². The second-order valence-corrected chi connectivity index (χ2v) is 7.06. The van der Waals surface area contributed by atoms with Gasteiger partial charge >= 0.3 is 0 Å². The lowest BCUT2D eigenvalue weighted by molar-refractivity contribution is 0.231. The van der Waals surface area contributed by atoms with Crippen LogP contribution in [0.25, 0.3) is 15.5 Å². The average molecular weight is 362 g/mol. The number of benzene rings is 1. The Morgan fingerprint density at radius 1 is 1.25 bits per heavy atom. The first kappa shape index (κ1) is 15.7. The van der Waals surface area contributed by atoms with E-state index in [9.17, 15) is 4.79 Å². The summed E-state index contributed by atoms with van der Waals surface area (Å²) in [6.45, 7) is 4.56. The van der Waals surface area contributed by atoms with Gasteiger partial charge in [0.05, 0.1) is 10.7 Å². The van der Waals surface area contributed by atoms with Crippen LogP contribution in [0.5, 0.6) is 0 Å². The van der Waals surface area contributed by atoms with Crippen LogP contribution in [0.15, 0.2) is 35.1 Å². The molecular weight excluding hydrogens is 346 g/mol. The van der Waals surface area contributed by atoms with E-state index in [1.807, 2.05) is 24.3 Å². The summed E-state index contributed by atoms with van der Waals surface area (Å²) in [7, 11) is 0. The van der Waals surface area contributed by atoms with E-state index in [1.54, 1.807) is 6.07 Å². The maximum Gasteiger partial charge on any atom is 0.275 e. The first-order chi connectivity index (χ1) is 11.7. The van der Waals surface area contributed by atoms with Gasteiger partial charge in [-0.25, -0.2) is 4.98 Å². The number of aromatic nitrogens is 3. The molecule has 0 amide bonds. The molecule has 0 aliphatic carbocycles. The second-order valence-electron chi connectivity index (χ2n) is 5.69. The lowest BCUT2D eigenvalue weighted by Gasteiger charge is -2.26. The molecule has 3 heterocycles. The fourth-order valence-corrected chi connectivity index (χ4v) is 4.02. The van der Waals surface area contributed by atoms with E-state index in [4.69, 9.17) is 11.6 Å². The Balaban J connectivity index is 1.70. The van der Waals surface area contributed by atoms with Crippen molar-refractivity contribution < 1.29 is 0 Å². The monoisotopic (exact) mass is 361 g/mol. The number of hydrogen-bond donors (Lipinski definition) is 1. The van der Waals surface area contributed by atoms with Crippen LogP contribution in [-0.2, 0) is 6.54 Å². The van der Waals surface area contributed by atoms with Crippen LogP contribution >= 0.6 is 22.9 Å². The Morgan fingerprint density at radius 3 is 2.83 bits per heavy atom. The molecule has 0 bridgehead atoms. The summed E-state index contributed by atoms with van der Waals surface area (Å²) < 4.78 is 1.35. The molecule has 1 fully saturated rings. The molecule has 1 saturated heterocycles. The van der Waals surface area contributed by atoms with Gasteiger partial charge in [0.2, 0.25) is 4.96 Å². The zero-order valence-electron chi connectivity index (χ0n) is 12.9. The third-order valence-electron chi connectivity index (χ3n) is 4.00. The molecule has 1 aliphatic rings. The number of hydrogen-bond acceptors (Lipinski definition) is 6. The highest BCUT2D eigenvalue weighted by Crippen LogP contribution is 2.30. The molecule has 3 aromatic rings. The van der Waals surface area contributed by atoms with Gasteiger partial charge in [0.15, 0.2) is 0 Å². The van der Waals surface area contributed by atoms with Gasteiger partial charge in [0, 0.05) is 44.4 Å². The molecule has 4 rings (SSSR count). The summed E-state index contributed by atoms with van der Waals surface area (Å²) >= 11 is 7.61. The number of halogens is 1. The summed E-state index contributed by atoms with van der Waals surface area (Å²) in [6.07, 6.45) is 0.